The van der Waals surface area contributed by atoms with Crippen LogP contribution in [0, 0.1) is 0 Å². The van der Waals surface area contributed by atoms with Crippen molar-refractivity contribution in [1.82, 2.24) is 20.6 Å². The van der Waals surface area contributed by atoms with Gasteiger partial charge < -0.3 is 5.11 Å². The fourth-order valence-corrected chi connectivity index (χ4v) is 5.02. The van der Waals surface area contributed by atoms with Crippen LogP contribution in [-0.4, -0.2) is 35.1 Å². The molecule has 10 nitrogen and oxygen atoms in total. The maximum absolute atomic E-state index is 12.3. The fourth-order valence-electron chi connectivity index (χ4n) is 2.97. The van der Waals surface area contributed by atoms with Gasteiger partial charge in [0.2, 0.25) is 5.91 Å². The minimum Gasteiger partial charge on any atom is -0.504 e. The van der Waals surface area contributed by atoms with E-state index in [0.717, 1.165) is 11.3 Å². The molecule has 0 radical (unpaired) electrons. The van der Waals surface area contributed by atoms with Gasteiger partial charge in [-0.2, -0.15) is 5.10 Å². The molecule has 0 bridgehead atoms. The van der Waals surface area contributed by atoms with Crippen molar-refractivity contribution in [2.24, 2.45) is 0 Å². The molecule has 0 fully saturated rings. The first-order valence-electron chi connectivity index (χ1n) is 9.90. The lowest BCUT2D eigenvalue weighted by molar-refractivity contribution is -0.121. The molecule has 174 valence electrons. The number of rotatable bonds is 7. The van der Waals surface area contributed by atoms with Gasteiger partial charge in [0.1, 0.15) is 4.21 Å². The van der Waals surface area contributed by atoms with Crippen LogP contribution in [0.3, 0.4) is 0 Å². The lowest BCUT2D eigenvalue weighted by atomic mass is 10.1. The van der Waals surface area contributed by atoms with E-state index in [4.69, 9.17) is 0 Å². The molecule has 0 saturated heterocycles. The van der Waals surface area contributed by atoms with Crippen molar-refractivity contribution in [3.05, 3.63) is 89.6 Å². The Hall–Kier alpha value is -4.16. The third-order valence-electron chi connectivity index (χ3n) is 4.58. The van der Waals surface area contributed by atoms with Gasteiger partial charge in [0, 0.05) is 5.69 Å². The topological polar surface area (TPSA) is 142 Å². The summed E-state index contributed by atoms with van der Waals surface area (Å²) < 4.78 is 28.6. The van der Waals surface area contributed by atoms with Crippen LogP contribution < -0.4 is 15.6 Å². The van der Waals surface area contributed by atoms with Crippen molar-refractivity contribution < 1.29 is 23.1 Å². The summed E-state index contributed by atoms with van der Waals surface area (Å²) in [5, 5.41) is 15.7. The first-order valence-corrected chi connectivity index (χ1v) is 12.3. The van der Waals surface area contributed by atoms with Crippen LogP contribution in [0.25, 0.3) is 5.69 Å². The van der Waals surface area contributed by atoms with E-state index in [1.165, 1.54) is 16.9 Å². The van der Waals surface area contributed by atoms with Gasteiger partial charge in [0.25, 0.3) is 15.9 Å². The van der Waals surface area contributed by atoms with E-state index in [9.17, 15) is 23.1 Å². The smallest absolute Gasteiger partial charge is 0.294 e. The molecule has 2 aromatic heterocycles. The first-order chi connectivity index (χ1) is 16.3. The molecule has 2 aromatic carbocycles. The van der Waals surface area contributed by atoms with Crippen LogP contribution in [0.4, 0.5) is 5.69 Å². The SMILES string of the molecule is O=C(Cc1ccc(NS(=O)(=O)c2cccs2)cc1)NNC(=O)c1nn(-c2ccccc2)cc1O. The summed E-state index contributed by atoms with van der Waals surface area (Å²) in [4.78, 5) is 24.5. The second-order valence-corrected chi connectivity index (χ2v) is 9.91. The summed E-state index contributed by atoms with van der Waals surface area (Å²) in [5.41, 5.74) is 5.85. The molecule has 4 rings (SSSR count). The summed E-state index contributed by atoms with van der Waals surface area (Å²) in [7, 11) is -3.66. The molecule has 0 aliphatic heterocycles. The number of para-hydroxylation sites is 1. The maximum Gasteiger partial charge on any atom is 0.294 e. The number of benzene rings is 2. The van der Waals surface area contributed by atoms with E-state index >= 15 is 0 Å². The molecule has 0 aliphatic rings. The molecule has 0 saturated carbocycles. The predicted molar refractivity (Wildman–Crippen MR) is 126 cm³/mol. The van der Waals surface area contributed by atoms with Crippen molar-refractivity contribution in [3.8, 4) is 11.4 Å². The largest absolute Gasteiger partial charge is 0.504 e. The Morgan fingerprint density at radius 2 is 1.71 bits per heavy atom. The minimum atomic E-state index is -3.66. The van der Waals surface area contributed by atoms with Gasteiger partial charge in [-0.3, -0.25) is 25.2 Å². The molecule has 0 aliphatic carbocycles. The molecular formula is C22H19N5O5S2. The Balaban J connectivity index is 1.31. The monoisotopic (exact) mass is 497 g/mol. The average Bonchev–Trinajstić information content (AvgIpc) is 3.50. The normalized spacial score (nSPS) is 11.1. The van der Waals surface area contributed by atoms with Gasteiger partial charge in [-0.25, -0.2) is 13.1 Å². The zero-order valence-corrected chi connectivity index (χ0v) is 19.1. The highest BCUT2D eigenvalue weighted by atomic mass is 32.2. The number of hydrogen-bond acceptors (Lipinski definition) is 7. The second-order valence-electron chi connectivity index (χ2n) is 7.06. The highest BCUT2D eigenvalue weighted by Crippen LogP contribution is 2.21. The lowest BCUT2D eigenvalue weighted by Gasteiger charge is -2.08. The number of nitrogens with one attached hydrogen (secondary N) is 3. The number of hydrogen-bond donors (Lipinski definition) is 4. The molecule has 2 amide bonds. The number of aromatic nitrogens is 2. The fraction of sp³-hybridized carbons (Fsp3) is 0.0455. The Labute approximate surface area is 198 Å². The van der Waals surface area contributed by atoms with Crippen LogP contribution >= 0.6 is 11.3 Å². The highest BCUT2D eigenvalue weighted by Gasteiger charge is 2.18. The van der Waals surface area contributed by atoms with E-state index in [0.29, 0.717) is 16.9 Å². The summed E-state index contributed by atoms with van der Waals surface area (Å²) >= 11 is 1.11. The summed E-state index contributed by atoms with van der Waals surface area (Å²) in [6, 6.07) is 18.4. The predicted octanol–water partition coefficient (Wildman–Crippen LogP) is 2.44. The summed E-state index contributed by atoms with van der Waals surface area (Å²) in [6.07, 6.45) is 1.23. The number of hydrazine groups is 1. The van der Waals surface area contributed by atoms with Crippen LogP contribution in [0.15, 0.2) is 82.5 Å². The summed E-state index contributed by atoms with van der Waals surface area (Å²) in [5.74, 6) is -1.63. The van der Waals surface area contributed by atoms with Crippen molar-refractivity contribution in [3.63, 3.8) is 0 Å². The maximum atomic E-state index is 12.3. The van der Waals surface area contributed by atoms with Gasteiger partial charge in [-0.05, 0) is 41.3 Å². The van der Waals surface area contributed by atoms with Gasteiger partial charge in [-0.15, -0.1) is 11.3 Å². The van der Waals surface area contributed by atoms with E-state index in [-0.39, 0.29) is 22.1 Å². The molecule has 4 aromatic rings. The third-order valence-corrected chi connectivity index (χ3v) is 7.36. The number of sulfonamides is 1. The zero-order chi connectivity index (χ0) is 24.1. The zero-order valence-electron chi connectivity index (χ0n) is 17.5. The molecule has 34 heavy (non-hydrogen) atoms. The minimum absolute atomic E-state index is 0.0668. The van der Waals surface area contributed by atoms with E-state index in [1.807, 2.05) is 6.07 Å². The molecular weight excluding hydrogens is 478 g/mol. The van der Waals surface area contributed by atoms with Gasteiger partial charge in [0.05, 0.1) is 18.3 Å². The molecule has 0 atom stereocenters. The van der Waals surface area contributed by atoms with Gasteiger partial charge >= 0.3 is 0 Å². The Morgan fingerprint density at radius 1 is 0.971 bits per heavy atom. The van der Waals surface area contributed by atoms with Gasteiger partial charge in [0.15, 0.2) is 11.4 Å². The number of amides is 2. The molecule has 2 heterocycles. The number of anilines is 1. The first kappa shape index (κ1) is 23.0. The second kappa shape index (κ2) is 9.77. The van der Waals surface area contributed by atoms with Crippen molar-refractivity contribution in [2.45, 2.75) is 10.6 Å². The molecule has 12 heteroatoms. The van der Waals surface area contributed by atoms with E-state index in [2.05, 4.69) is 20.7 Å². The molecule has 4 N–H and O–H groups in total. The van der Waals surface area contributed by atoms with Crippen molar-refractivity contribution in [1.29, 1.82) is 0 Å². The lowest BCUT2D eigenvalue weighted by Crippen LogP contribution is -2.42. The highest BCUT2D eigenvalue weighted by molar-refractivity contribution is 7.94. The van der Waals surface area contributed by atoms with E-state index < -0.39 is 21.8 Å². The standard InChI is InChI=1S/C22H19N5O5S2/c28-18-14-27(17-5-2-1-3-6-17)25-21(18)22(30)24-23-19(29)13-15-8-10-16(11-9-15)26-34(31,32)20-7-4-12-33-20/h1-12,14,26,28H,13H2,(H,23,29)(H,24,30). The van der Waals surface area contributed by atoms with Crippen LogP contribution in [0.1, 0.15) is 16.1 Å². The molecule has 0 spiro atoms. The quantitative estimate of drug-likeness (QED) is 0.289. The Morgan fingerprint density at radius 3 is 2.38 bits per heavy atom. The number of aromatic hydroxyl groups is 1. The number of carbonyl (C=O) groups excluding carboxylic acids is 2. The molecule has 0 unspecified atom stereocenters. The van der Waals surface area contributed by atoms with Crippen LogP contribution in [0.2, 0.25) is 0 Å². The van der Waals surface area contributed by atoms with Crippen LogP contribution in [0.5, 0.6) is 5.75 Å². The number of thiophene rings is 1. The van der Waals surface area contributed by atoms with E-state index in [1.54, 1.807) is 60.0 Å². The van der Waals surface area contributed by atoms with Crippen LogP contribution in [-0.2, 0) is 21.2 Å². The van der Waals surface area contributed by atoms with Crippen molar-refractivity contribution >= 4 is 38.9 Å². The average molecular weight is 498 g/mol. The third kappa shape index (κ3) is 5.42. The number of nitrogens with zero attached hydrogens (tertiary/aromatic N) is 2. The van der Waals surface area contributed by atoms with Gasteiger partial charge in [-0.1, -0.05) is 36.4 Å². The van der Waals surface area contributed by atoms with Crippen molar-refractivity contribution in [2.75, 3.05) is 4.72 Å². The summed E-state index contributed by atoms with van der Waals surface area (Å²) in [6.45, 7) is 0. The Kier molecular flexibility index (Phi) is 6.61. The Bertz CT molecular complexity index is 1400. The number of carbonyl (C=O) groups is 2.